The smallest absolute Gasteiger partial charge is 0.0485 e. The molecule has 0 aliphatic carbocycles. The zero-order chi connectivity index (χ0) is 7.61. The topological polar surface area (TPSA) is 49.5 Å². The van der Waals surface area contributed by atoms with E-state index in [2.05, 4.69) is 6.92 Å². The number of hydrogen-bond acceptors (Lipinski definition) is 3. The van der Waals surface area contributed by atoms with E-state index in [1.807, 2.05) is 5.01 Å². The Morgan fingerprint density at radius 1 is 1.50 bits per heavy atom. The Balaban J connectivity index is 2.38. The number of hydrazine groups is 1. The lowest BCUT2D eigenvalue weighted by Crippen LogP contribution is -2.43. The van der Waals surface area contributed by atoms with Gasteiger partial charge in [-0.25, -0.2) is 5.01 Å². The van der Waals surface area contributed by atoms with Gasteiger partial charge >= 0.3 is 0 Å². The lowest BCUT2D eigenvalue weighted by atomic mass is 9.82. The highest BCUT2D eigenvalue weighted by molar-refractivity contribution is 4.79. The quantitative estimate of drug-likeness (QED) is 0.507. The molecule has 0 saturated carbocycles. The van der Waals surface area contributed by atoms with E-state index in [0.717, 1.165) is 25.9 Å². The Bertz CT molecular complexity index is 108. The fourth-order valence-electron chi connectivity index (χ4n) is 1.22. The van der Waals surface area contributed by atoms with Gasteiger partial charge in [0.2, 0.25) is 0 Å². The van der Waals surface area contributed by atoms with Gasteiger partial charge in [0.05, 0.1) is 0 Å². The van der Waals surface area contributed by atoms with Crippen molar-refractivity contribution in [3.8, 4) is 0 Å². The van der Waals surface area contributed by atoms with Crippen LogP contribution in [0.25, 0.3) is 0 Å². The van der Waals surface area contributed by atoms with Crippen LogP contribution in [-0.4, -0.2) is 29.8 Å². The van der Waals surface area contributed by atoms with Crippen molar-refractivity contribution < 1.29 is 5.11 Å². The number of aliphatic hydroxyl groups is 1. The minimum Gasteiger partial charge on any atom is -0.396 e. The van der Waals surface area contributed by atoms with E-state index in [1.165, 1.54) is 0 Å². The van der Waals surface area contributed by atoms with E-state index < -0.39 is 0 Å². The van der Waals surface area contributed by atoms with Crippen LogP contribution in [0.2, 0.25) is 0 Å². The van der Waals surface area contributed by atoms with E-state index in [4.69, 9.17) is 10.9 Å². The maximum absolute atomic E-state index is 8.98. The average Bonchev–Trinajstić information content (AvgIpc) is 1.96. The van der Waals surface area contributed by atoms with Crippen molar-refractivity contribution in [2.75, 3.05) is 19.7 Å². The molecule has 0 unspecified atom stereocenters. The highest BCUT2D eigenvalue weighted by Gasteiger charge is 2.27. The van der Waals surface area contributed by atoms with Crippen LogP contribution in [0.1, 0.15) is 19.8 Å². The largest absolute Gasteiger partial charge is 0.396 e. The number of nitrogens with zero attached hydrogens (tertiary/aromatic N) is 1. The van der Waals surface area contributed by atoms with Crippen molar-refractivity contribution in [2.45, 2.75) is 19.8 Å². The van der Waals surface area contributed by atoms with Gasteiger partial charge in [0.25, 0.3) is 0 Å². The molecule has 0 atom stereocenters. The van der Waals surface area contributed by atoms with Crippen LogP contribution in [0.5, 0.6) is 0 Å². The van der Waals surface area contributed by atoms with E-state index >= 15 is 0 Å². The molecule has 1 saturated heterocycles. The van der Waals surface area contributed by atoms with Gasteiger partial charge in [0, 0.05) is 19.7 Å². The summed E-state index contributed by atoms with van der Waals surface area (Å²) in [5.41, 5.74) is 0.135. The van der Waals surface area contributed by atoms with E-state index in [-0.39, 0.29) is 5.41 Å². The molecule has 0 bridgehead atoms. The molecule has 10 heavy (non-hydrogen) atoms. The van der Waals surface area contributed by atoms with Crippen molar-refractivity contribution in [1.29, 1.82) is 0 Å². The van der Waals surface area contributed by atoms with Crippen molar-refractivity contribution in [1.82, 2.24) is 5.01 Å². The molecule has 1 rings (SSSR count). The summed E-state index contributed by atoms with van der Waals surface area (Å²) in [6, 6.07) is 0. The van der Waals surface area contributed by atoms with E-state index in [9.17, 15) is 0 Å². The van der Waals surface area contributed by atoms with Gasteiger partial charge < -0.3 is 5.11 Å². The molecule has 3 heteroatoms. The van der Waals surface area contributed by atoms with Crippen molar-refractivity contribution in [3.05, 3.63) is 0 Å². The van der Waals surface area contributed by atoms with Crippen LogP contribution in [0.4, 0.5) is 0 Å². The molecule has 0 amide bonds. The third-order valence-electron chi connectivity index (χ3n) is 2.39. The maximum Gasteiger partial charge on any atom is 0.0485 e. The van der Waals surface area contributed by atoms with Crippen molar-refractivity contribution >= 4 is 0 Å². The normalized spacial score (nSPS) is 26.7. The Labute approximate surface area is 61.8 Å². The van der Waals surface area contributed by atoms with Crippen LogP contribution < -0.4 is 5.84 Å². The summed E-state index contributed by atoms with van der Waals surface area (Å²) in [6.07, 6.45) is 2.03. The second-order valence-electron chi connectivity index (χ2n) is 3.50. The van der Waals surface area contributed by atoms with Crippen molar-refractivity contribution in [2.24, 2.45) is 11.3 Å². The van der Waals surface area contributed by atoms with Gasteiger partial charge in [-0.05, 0) is 18.3 Å². The first-order valence-corrected chi connectivity index (χ1v) is 3.77. The molecule has 0 spiro atoms. The zero-order valence-electron chi connectivity index (χ0n) is 6.51. The maximum atomic E-state index is 8.98. The van der Waals surface area contributed by atoms with Crippen LogP contribution in [0.15, 0.2) is 0 Å². The zero-order valence-corrected chi connectivity index (χ0v) is 6.51. The standard InChI is InChI=1S/C7H16N2O/c1-7(6-10)2-4-9(8)5-3-7/h10H,2-6,8H2,1H3. The predicted octanol–water partition coefficient (Wildman–Crippen LogP) is -0.0455. The molecule has 1 heterocycles. The van der Waals surface area contributed by atoms with E-state index in [0.29, 0.717) is 6.61 Å². The fourth-order valence-corrected chi connectivity index (χ4v) is 1.22. The molecule has 1 fully saturated rings. The summed E-state index contributed by atoms with van der Waals surface area (Å²) >= 11 is 0. The van der Waals surface area contributed by atoms with Gasteiger partial charge in [-0.15, -0.1) is 0 Å². The molecule has 0 aromatic carbocycles. The second kappa shape index (κ2) is 2.86. The van der Waals surface area contributed by atoms with Gasteiger partial charge in [-0.1, -0.05) is 6.92 Å². The first-order valence-electron chi connectivity index (χ1n) is 3.77. The number of piperidine rings is 1. The van der Waals surface area contributed by atoms with Crippen LogP contribution in [0, 0.1) is 5.41 Å². The molecular formula is C7H16N2O. The lowest BCUT2D eigenvalue weighted by molar-refractivity contribution is 0.0588. The van der Waals surface area contributed by atoms with Gasteiger partial charge in [-0.3, -0.25) is 5.84 Å². The third-order valence-corrected chi connectivity index (χ3v) is 2.39. The summed E-state index contributed by atoms with van der Waals surface area (Å²) in [5.74, 6) is 5.56. The minimum absolute atomic E-state index is 0.135. The summed E-state index contributed by atoms with van der Waals surface area (Å²) < 4.78 is 0. The number of hydrogen-bond donors (Lipinski definition) is 2. The van der Waals surface area contributed by atoms with Crippen molar-refractivity contribution in [3.63, 3.8) is 0 Å². The Morgan fingerprint density at radius 2 is 2.00 bits per heavy atom. The SMILES string of the molecule is CC1(CO)CCN(N)CC1. The number of rotatable bonds is 1. The molecule has 1 aliphatic rings. The molecule has 3 N–H and O–H groups in total. The Kier molecular flexibility index (Phi) is 2.28. The highest BCUT2D eigenvalue weighted by Crippen LogP contribution is 2.28. The molecule has 0 radical (unpaired) electrons. The molecule has 0 aromatic heterocycles. The minimum atomic E-state index is 0.135. The second-order valence-corrected chi connectivity index (χ2v) is 3.50. The lowest BCUT2D eigenvalue weighted by Gasteiger charge is -2.35. The Hall–Kier alpha value is -0.120. The summed E-state index contributed by atoms with van der Waals surface area (Å²) in [4.78, 5) is 0. The molecule has 3 nitrogen and oxygen atoms in total. The molecule has 0 aromatic rings. The monoisotopic (exact) mass is 144 g/mol. The predicted molar refractivity (Wildman–Crippen MR) is 40.2 cm³/mol. The summed E-state index contributed by atoms with van der Waals surface area (Å²) in [5, 5.41) is 10.8. The Morgan fingerprint density at radius 3 is 2.40 bits per heavy atom. The summed E-state index contributed by atoms with van der Waals surface area (Å²) in [6.45, 7) is 4.23. The third kappa shape index (κ3) is 1.68. The molecule has 1 aliphatic heterocycles. The van der Waals surface area contributed by atoms with Gasteiger partial charge in [0.15, 0.2) is 0 Å². The number of aliphatic hydroxyl groups excluding tert-OH is 1. The number of nitrogens with two attached hydrogens (primary N) is 1. The van der Waals surface area contributed by atoms with Crippen LogP contribution in [0.3, 0.4) is 0 Å². The fraction of sp³-hybridized carbons (Fsp3) is 1.00. The summed E-state index contributed by atoms with van der Waals surface area (Å²) in [7, 11) is 0. The molecule has 60 valence electrons. The van der Waals surface area contributed by atoms with Gasteiger partial charge in [-0.2, -0.15) is 0 Å². The average molecular weight is 144 g/mol. The van der Waals surface area contributed by atoms with Crippen LogP contribution >= 0.6 is 0 Å². The van der Waals surface area contributed by atoms with Crippen LogP contribution in [-0.2, 0) is 0 Å². The van der Waals surface area contributed by atoms with Gasteiger partial charge in [0.1, 0.15) is 0 Å². The molecular weight excluding hydrogens is 128 g/mol. The van der Waals surface area contributed by atoms with E-state index in [1.54, 1.807) is 0 Å². The first kappa shape index (κ1) is 7.98. The first-order chi connectivity index (χ1) is 4.66. The highest BCUT2D eigenvalue weighted by atomic mass is 16.3.